The summed E-state index contributed by atoms with van der Waals surface area (Å²) in [5.41, 5.74) is 16.8. The molecule has 2 amide bonds. The molecule has 12 aliphatic rings. The minimum absolute atomic E-state index is 0.0640. The molecule has 14 rings (SSSR count). The van der Waals surface area contributed by atoms with Gasteiger partial charge in [0.1, 0.15) is 0 Å². The van der Waals surface area contributed by atoms with Gasteiger partial charge in [0.05, 0.1) is 41.7 Å². The summed E-state index contributed by atoms with van der Waals surface area (Å²) in [6.07, 6.45) is 19.0. The molecule has 4 saturated heterocycles. The van der Waals surface area contributed by atoms with Crippen molar-refractivity contribution in [1.29, 1.82) is 0 Å². The van der Waals surface area contributed by atoms with Gasteiger partial charge in [-0.05, 0) is 230 Å². The number of fused-ring (bicyclic) bond motifs is 12. The van der Waals surface area contributed by atoms with Gasteiger partial charge in [0, 0.05) is 79.8 Å². The third-order valence-electron chi connectivity index (χ3n) is 28.1. The van der Waals surface area contributed by atoms with E-state index in [0.29, 0.717) is 83.6 Å². The van der Waals surface area contributed by atoms with Crippen molar-refractivity contribution in [2.24, 2.45) is 75.7 Å². The number of aliphatic hydroxyl groups is 2. The molecule has 4 heterocycles. The van der Waals surface area contributed by atoms with Crippen LogP contribution in [0.1, 0.15) is 217 Å². The molecule has 0 aromatic heterocycles. The summed E-state index contributed by atoms with van der Waals surface area (Å²) in [4.78, 5) is 57.1. The molecule has 4 aliphatic heterocycles. The molecule has 0 bridgehead atoms. The van der Waals surface area contributed by atoms with E-state index in [9.17, 15) is 42.6 Å². The second-order valence-electron chi connectivity index (χ2n) is 33.3. The predicted molar refractivity (Wildman–Crippen MR) is 371 cm³/mol. The smallest absolute Gasteiger partial charge is 0.393 e. The maximum absolute atomic E-state index is 14.0. The van der Waals surface area contributed by atoms with Gasteiger partial charge in [-0.3, -0.25) is 29.0 Å². The Morgan fingerprint density at radius 1 is 0.649 bits per heavy atom. The van der Waals surface area contributed by atoms with Crippen LogP contribution in [0.25, 0.3) is 0 Å². The number of ketones is 2. The van der Waals surface area contributed by atoms with Crippen LogP contribution in [0.3, 0.4) is 0 Å². The van der Waals surface area contributed by atoms with Gasteiger partial charge in [0.25, 0.3) is 5.91 Å². The van der Waals surface area contributed by atoms with Crippen LogP contribution in [0.15, 0.2) is 100 Å². The van der Waals surface area contributed by atoms with Gasteiger partial charge in [0.15, 0.2) is 11.6 Å². The summed E-state index contributed by atoms with van der Waals surface area (Å²) in [6.45, 7) is 23.6. The Hall–Kier alpha value is -4.81. The van der Waals surface area contributed by atoms with Gasteiger partial charge in [-0.1, -0.05) is 118 Å². The molecule has 2 aromatic carbocycles. The molecule has 8 aliphatic carbocycles. The number of carbonyl (C=O) groups excluding carboxylic acids is 4. The normalized spacial score (nSPS) is 39.2. The number of piperidine rings is 2. The van der Waals surface area contributed by atoms with Crippen molar-refractivity contribution in [1.82, 2.24) is 20.4 Å². The van der Waals surface area contributed by atoms with E-state index in [0.717, 1.165) is 108 Å². The lowest BCUT2D eigenvalue weighted by atomic mass is 9.56. The number of carbonyl (C=O) groups is 4. The number of aliphatic hydroxyl groups excluding tert-OH is 2. The van der Waals surface area contributed by atoms with Gasteiger partial charge in [-0.2, -0.15) is 13.2 Å². The predicted octanol–water partition coefficient (Wildman–Crippen LogP) is 13.6. The van der Waals surface area contributed by atoms with Gasteiger partial charge in [0.2, 0.25) is 0 Å². The van der Waals surface area contributed by atoms with Crippen LogP contribution in [0.2, 0.25) is 0 Å². The number of allylic oxidation sites excluding steroid dienone is 4. The highest BCUT2D eigenvalue weighted by Crippen LogP contribution is 2.68. The lowest BCUT2D eigenvalue weighted by Crippen LogP contribution is -2.53. The number of benzene rings is 2. The minimum Gasteiger partial charge on any atom is -0.393 e. The molecular weight excluding hydrogens is 1230 g/mol. The maximum atomic E-state index is 14.0. The molecule has 2 spiro atoms. The third kappa shape index (κ3) is 13.0. The number of nitrogens with two attached hydrogens (primary N) is 1. The van der Waals surface area contributed by atoms with E-state index in [2.05, 4.69) is 82.7 Å². The summed E-state index contributed by atoms with van der Waals surface area (Å²) >= 11 is 0. The van der Waals surface area contributed by atoms with Crippen molar-refractivity contribution in [3.05, 3.63) is 117 Å². The quantitative estimate of drug-likeness (QED) is 0.0612. The SMILES string of the molecule is CC1=C2C[C@H]3[C@@H](CC=C4C[C@@H](O)CC[C@@]43C)[C@@H]2CC[C@]12O[C@@H]1C[C@H](C)CN(CCCC(=O)C(CCCCNC(=O)C(F)(F)F)NC(=O)c3ccc(C(=O)c4ccccc4)cc3)[C@H]1[C@H]2C.CC1=C2C[C@H]3[C@@H](CC=C4C[C@@H](O)CC[C@@]43C)[C@@H]2CC[C@]12O[C@@H]1C[C@H](C)CN(CCN)[C@H]1[C@H]2C. The molecule has 4 saturated carbocycles. The Bertz CT molecular complexity index is 3400. The Kier molecular flexibility index (Phi) is 20.3. The van der Waals surface area contributed by atoms with Crippen molar-refractivity contribution >= 4 is 23.4 Å². The standard InChI is InChI=1S/C52H66F3N3O6.C29H46N2O2/c1-31-27-45-46(33(3)51(64-45)24-22-39-40-20-19-37-28-38(59)21-23-50(37,4)42(40)29-41(39)32(51)2)58(30-31)26-10-14-44(60)43(13-8-9-25-56-49(63)52(53,54)55)57-48(62)36-17-15-35(16-18-36)47(61)34-11-6-5-7-12-34;1-17-13-26-27(31(16-17)12-11-30)19(3)29(33-26)10-8-22-23-6-5-20-14-21(32)7-9-28(20,4)25(23)15-24(22)18(29)2/h5-7,11-12,15-19,31,33,38-40,42-43,45-46,59H,8-10,13-14,20-30H2,1-4H3,(H,56,63)(H,57,62);5,17,19,21-23,25-27,32H,6-16,30H2,1-4H3/t31-,33+,38-,39-,40-,42-,43?,45+,46-,50-,51-;17-,19+,21-,22-,23-,25-,26+,27-,28-,29-/m00/s1. The average Bonchev–Trinajstić information content (AvgIpc) is 1.56. The number of amides is 2. The third-order valence-corrected chi connectivity index (χ3v) is 28.1. The molecule has 2 aromatic rings. The fourth-order valence-corrected chi connectivity index (χ4v) is 23.1. The number of unbranched alkanes of at least 4 members (excludes halogenated alkanes) is 1. The molecule has 6 N–H and O–H groups in total. The molecule has 97 heavy (non-hydrogen) atoms. The molecule has 13 nitrogen and oxygen atoms in total. The van der Waals surface area contributed by atoms with Gasteiger partial charge in [-0.25, -0.2) is 0 Å². The zero-order valence-electron chi connectivity index (χ0n) is 59.2. The van der Waals surface area contributed by atoms with Crippen LogP contribution in [0.4, 0.5) is 13.2 Å². The zero-order chi connectivity index (χ0) is 68.7. The second kappa shape index (κ2) is 27.9. The largest absolute Gasteiger partial charge is 0.471 e. The Balaban J connectivity index is 0.000000214. The second-order valence-corrected chi connectivity index (χ2v) is 33.3. The number of Topliss-reactive ketones (excluding diaryl/α,β-unsaturated/α-hetero) is 1. The molecule has 530 valence electrons. The van der Waals surface area contributed by atoms with Crippen molar-refractivity contribution in [2.45, 2.75) is 250 Å². The first-order chi connectivity index (χ1) is 46.3. The van der Waals surface area contributed by atoms with E-state index in [1.807, 2.05) is 11.4 Å². The van der Waals surface area contributed by atoms with Gasteiger partial charge >= 0.3 is 12.1 Å². The van der Waals surface area contributed by atoms with Crippen LogP contribution < -0.4 is 16.4 Å². The maximum Gasteiger partial charge on any atom is 0.471 e. The number of alkyl halides is 3. The van der Waals surface area contributed by atoms with Crippen LogP contribution in [-0.4, -0.2) is 143 Å². The molecule has 1 unspecified atom stereocenters. The van der Waals surface area contributed by atoms with Crippen molar-refractivity contribution in [3.8, 4) is 0 Å². The highest BCUT2D eigenvalue weighted by Gasteiger charge is 2.64. The van der Waals surface area contributed by atoms with E-state index in [-0.39, 0.29) is 89.8 Å². The lowest BCUT2D eigenvalue weighted by molar-refractivity contribution is -0.173. The lowest BCUT2D eigenvalue weighted by Gasteiger charge is -2.49. The minimum atomic E-state index is -4.98. The molecule has 8 fully saturated rings. The highest BCUT2D eigenvalue weighted by atomic mass is 19.4. The topological polar surface area (TPSA) is 184 Å². The fourth-order valence-electron chi connectivity index (χ4n) is 23.1. The average molecular weight is 1340 g/mol. The summed E-state index contributed by atoms with van der Waals surface area (Å²) in [5.74, 6) is 3.23. The molecule has 0 radical (unpaired) electrons. The number of nitrogens with zero attached hydrogens (tertiary/aromatic N) is 2. The van der Waals surface area contributed by atoms with Gasteiger partial charge in [-0.15, -0.1) is 0 Å². The number of rotatable bonds is 16. The first-order valence-electron chi connectivity index (χ1n) is 37.9. The van der Waals surface area contributed by atoms with Crippen LogP contribution in [-0.2, 0) is 19.1 Å². The van der Waals surface area contributed by atoms with Crippen LogP contribution in [0, 0.1) is 70.0 Å². The van der Waals surface area contributed by atoms with E-state index in [1.54, 1.807) is 70.8 Å². The Morgan fingerprint density at radius 2 is 1.14 bits per heavy atom. The summed E-state index contributed by atoms with van der Waals surface area (Å²) in [7, 11) is 0. The number of halogens is 3. The molecular formula is C81H112F3N5O8. The first kappa shape index (κ1) is 70.6. The van der Waals surface area contributed by atoms with E-state index < -0.39 is 24.0 Å². The highest BCUT2D eigenvalue weighted by molar-refractivity contribution is 6.09. The monoisotopic (exact) mass is 1340 g/mol. The van der Waals surface area contributed by atoms with Crippen molar-refractivity contribution < 1.29 is 52.0 Å². The van der Waals surface area contributed by atoms with Crippen molar-refractivity contribution in [2.75, 3.05) is 39.3 Å². The fraction of sp³-hybridized carbons (Fsp3) is 0.704. The Labute approximate surface area is 575 Å². The number of hydrogen-bond acceptors (Lipinski definition) is 11. The summed E-state index contributed by atoms with van der Waals surface area (Å²) in [6, 6.07) is 14.9. The van der Waals surface area contributed by atoms with Gasteiger partial charge < -0.3 is 36.1 Å². The van der Waals surface area contributed by atoms with Crippen LogP contribution in [0.5, 0.6) is 0 Å². The van der Waals surface area contributed by atoms with E-state index in [1.165, 1.54) is 49.8 Å². The van der Waals surface area contributed by atoms with Crippen molar-refractivity contribution in [3.63, 3.8) is 0 Å². The first-order valence-corrected chi connectivity index (χ1v) is 37.9. The number of ether oxygens (including phenoxy) is 2. The molecule has 21 atom stereocenters. The number of nitrogens with one attached hydrogen (secondary N) is 2. The zero-order valence-corrected chi connectivity index (χ0v) is 59.2. The van der Waals surface area contributed by atoms with E-state index >= 15 is 0 Å². The number of hydrogen-bond donors (Lipinski definition) is 5. The number of likely N-dealkylation sites (tertiary alicyclic amines) is 2. The van der Waals surface area contributed by atoms with E-state index in [4.69, 9.17) is 15.2 Å². The summed E-state index contributed by atoms with van der Waals surface area (Å²) < 4.78 is 52.8. The summed E-state index contributed by atoms with van der Waals surface area (Å²) in [5, 5.41) is 25.6. The molecule has 16 heteroatoms. The Morgan fingerprint density at radius 3 is 1.65 bits per heavy atom. The van der Waals surface area contributed by atoms with Crippen LogP contribution >= 0.6 is 0 Å².